The van der Waals surface area contributed by atoms with E-state index in [2.05, 4.69) is 43.1 Å². The summed E-state index contributed by atoms with van der Waals surface area (Å²) in [6.45, 7) is 4.65. The summed E-state index contributed by atoms with van der Waals surface area (Å²) < 4.78 is 5.86. The van der Waals surface area contributed by atoms with Crippen LogP contribution in [0.4, 0.5) is 0 Å². The van der Waals surface area contributed by atoms with Gasteiger partial charge in [-0.2, -0.15) is 0 Å². The van der Waals surface area contributed by atoms with Gasteiger partial charge in [-0.25, -0.2) is 4.98 Å². The van der Waals surface area contributed by atoms with Crippen LogP contribution in [0.2, 0.25) is 0 Å². The van der Waals surface area contributed by atoms with Crippen molar-refractivity contribution in [2.45, 2.75) is 20.5 Å². The minimum Gasteiger partial charge on any atom is -0.487 e. The lowest BCUT2D eigenvalue weighted by Crippen LogP contribution is -1.99. The summed E-state index contributed by atoms with van der Waals surface area (Å²) in [5.41, 5.74) is 4.36. The van der Waals surface area contributed by atoms with Gasteiger partial charge < -0.3 is 4.74 Å². The summed E-state index contributed by atoms with van der Waals surface area (Å²) in [6.07, 6.45) is 0. The van der Waals surface area contributed by atoms with E-state index in [0.717, 1.165) is 27.9 Å². The van der Waals surface area contributed by atoms with Crippen molar-refractivity contribution in [2.24, 2.45) is 0 Å². The smallest absolute Gasteiger partial charge is 0.130 e. The van der Waals surface area contributed by atoms with E-state index in [0.29, 0.717) is 6.61 Å². The fourth-order valence-electron chi connectivity index (χ4n) is 2.30. The number of pyridine rings is 1. The van der Waals surface area contributed by atoms with E-state index in [1.54, 1.807) is 0 Å². The van der Waals surface area contributed by atoms with Gasteiger partial charge >= 0.3 is 0 Å². The van der Waals surface area contributed by atoms with Gasteiger partial charge in [-0.3, -0.25) is 0 Å². The van der Waals surface area contributed by atoms with Gasteiger partial charge in [0.1, 0.15) is 12.4 Å². The number of aryl methyl sites for hydroxylation is 2. The Kier molecular flexibility index (Phi) is 3.38. The van der Waals surface area contributed by atoms with Crippen LogP contribution in [0.25, 0.3) is 10.9 Å². The zero-order chi connectivity index (χ0) is 13.9. The van der Waals surface area contributed by atoms with E-state index in [9.17, 15) is 0 Å². The summed E-state index contributed by atoms with van der Waals surface area (Å²) in [5.74, 6) is 0.922. The number of hydrogen-bond acceptors (Lipinski definition) is 2. The molecule has 0 atom stereocenters. The molecule has 0 saturated heterocycles. The molecule has 0 radical (unpaired) electrons. The van der Waals surface area contributed by atoms with Crippen molar-refractivity contribution in [2.75, 3.05) is 0 Å². The minimum atomic E-state index is 0.495. The second-order valence-electron chi connectivity index (χ2n) is 5.05. The lowest BCUT2D eigenvalue weighted by Gasteiger charge is -2.09. The molecule has 100 valence electrons. The van der Waals surface area contributed by atoms with Gasteiger partial charge in [0.25, 0.3) is 0 Å². The number of ether oxygens (including phenoxy) is 1. The highest BCUT2D eigenvalue weighted by atomic mass is 16.5. The zero-order valence-corrected chi connectivity index (χ0v) is 11.8. The third-order valence-corrected chi connectivity index (χ3v) is 3.36. The molecule has 0 bridgehead atoms. The molecule has 0 fully saturated rings. The summed E-state index contributed by atoms with van der Waals surface area (Å²) in [4.78, 5) is 4.61. The van der Waals surface area contributed by atoms with Gasteiger partial charge in [0.05, 0.1) is 11.2 Å². The first-order chi connectivity index (χ1) is 9.72. The summed E-state index contributed by atoms with van der Waals surface area (Å²) in [5, 5.41) is 1.16. The molecule has 2 aromatic carbocycles. The van der Waals surface area contributed by atoms with Crippen LogP contribution in [0, 0.1) is 13.8 Å². The third-order valence-electron chi connectivity index (χ3n) is 3.36. The van der Waals surface area contributed by atoms with Crippen molar-refractivity contribution in [1.29, 1.82) is 0 Å². The average Bonchev–Trinajstić information content (AvgIpc) is 2.46. The first-order valence-corrected chi connectivity index (χ1v) is 6.77. The molecule has 0 aliphatic carbocycles. The molecule has 0 aliphatic rings. The number of aromatic nitrogens is 1. The van der Waals surface area contributed by atoms with E-state index >= 15 is 0 Å². The molecule has 3 rings (SSSR count). The van der Waals surface area contributed by atoms with Crippen LogP contribution in [-0.4, -0.2) is 4.98 Å². The third kappa shape index (κ3) is 2.64. The molecule has 0 spiro atoms. The van der Waals surface area contributed by atoms with Gasteiger partial charge in [0.2, 0.25) is 0 Å². The molecule has 0 saturated carbocycles. The quantitative estimate of drug-likeness (QED) is 0.697. The van der Waals surface area contributed by atoms with Crippen molar-refractivity contribution in [3.8, 4) is 5.75 Å². The zero-order valence-electron chi connectivity index (χ0n) is 11.8. The van der Waals surface area contributed by atoms with Crippen LogP contribution in [0.15, 0.2) is 54.6 Å². The molecule has 0 N–H and O–H groups in total. The predicted molar refractivity (Wildman–Crippen MR) is 82.0 cm³/mol. The molecule has 2 heteroatoms. The molecule has 1 aromatic heterocycles. The highest BCUT2D eigenvalue weighted by Gasteiger charge is 2.02. The van der Waals surface area contributed by atoms with Crippen molar-refractivity contribution in [1.82, 2.24) is 4.98 Å². The summed E-state index contributed by atoms with van der Waals surface area (Å²) >= 11 is 0. The number of para-hydroxylation sites is 1. The standard InChI is InChI=1S/C18H17NO/c1-13-7-10-18(14(2)11-13)20-12-16-9-8-15-5-3-4-6-17(15)19-16/h3-11H,12H2,1-2H3. The molecule has 1 heterocycles. The maximum atomic E-state index is 5.86. The Morgan fingerprint density at radius 3 is 2.65 bits per heavy atom. The lowest BCUT2D eigenvalue weighted by molar-refractivity contribution is 0.299. The lowest BCUT2D eigenvalue weighted by atomic mass is 10.1. The normalized spacial score (nSPS) is 10.7. The fraction of sp³-hybridized carbons (Fsp3) is 0.167. The highest BCUT2D eigenvalue weighted by Crippen LogP contribution is 2.20. The van der Waals surface area contributed by atoms with E-state index in [-0.39, 0.29) is 0 Å². The first-order valence-electron chi connectivity index (χ1n) is 6.77. The second-order valence-corrected chi connectivity index (χ2v) is 5.05. The molecule has 20 heavy (non-hydrogen) atoms. The minimum absolute atomic E-state index is 0.495. The van der Waals surface area contributed by atoms with Gasteiger partial charge in [0.15, 0.2) is 0 Å². The van der Waals surface area contributed by atoms with Crippen LogP contribution in [0.1, 0.15) is 16.8 Å². The largest absolute Gasteiger partial charge is 0.487 e. The number of hydrogen-bond donors (Lipinski definition) is 0. The Bertz CT molecular complexity index is 749. The maximum absolute atomic E-state index is 5.86. The van der Waals surface area contributed by atoms with Crippen molar-refractivity contribution in [3.05, 3.63) is 71.4 Å². The number of fused-ring (bicyclic) bond motifs is 1. The number of nitrogens with zero attached hydrogens (tertiary/aromatic N) is 1. The van der Waals surface area contributed by atoms with Gasteiger partial charge in [-0.15, -0.1) is 0 Å². The first kappa shape index (κ1) is 12.7. The molecule has 0 aliphatic heterocycles. The van der Waals surface area contributed by atoms with E-state index in [1.807, 2.05) is 30.3 Å². The SMILES string of the molecule is Cc1ccc(OCc2ccc3ccccc3n2)c(C)c1. The Morgan fingerprint density at radius 1 is 0.950 bits per heavy atom. The molecular formula is C18H17NO. The van der Waals surface area contributed by atoms with Gasteiger partial charge in [0, 0.05) is 5.39 Å². The molecule has 2 nitrogen and oxygen atoms in total. The second kappa shape index (κ2) is 5.33. The van der Waals surface area contributed by atoms with Crippen molar-refractivity contribution < 1.29 is 4.74 Å². The monoisotopic (exact) mass is 263 g/mol. The maximum Gasteiger partial charge on any atom is 0.130 e. The Hall–Kier alpha value is -2.35. The summed E-state index contributed by atoms with van der Waals surface area (Å²) in [7, 11) is 0. The Morgan fingerprint density at radius 2 is 1.80 bits per heavy atom. The highest BCUT2D eigenvalue weighted by molar-refractivity contribution is 5.78. The topological polar surface area (TPSA) is 22.1 Å². The number of rotatable bonds is 3. The fourth-order valence-corrected chi connectivity index (χ4v) is 2.30. The van der Waals surface area contributed by atoms with Gasteiger partial charge in [-0.1, -0.05) is 42.0 Å². The Labute approximate surface area is 119 Å². The van der Waals surface area contributed by atoms with Crippen molar-refractivity contribution >= 4 is 10.9 Å². The van der Waals surface area contributed by atoms with E-state index < -0.39 is 0 Å². The van der Waals surface area contributed by atoms with Gasteiger partial charge in [-0.05, 0) is 37.6 Å². The predicted octanol–water partition coefficient (Wildman–Crippen LogP) is 4.43. The molecule has 3 aromatic rings. The van der Waals surface area contributed by atoms with E-state index in [4.69, 9.17) is 4.74 Å². The Balaban J connectivity index is 1.79. The van der Waals surface area contributed by atoms with Crippen LogP contribution in [0.5, 0.6) is 5.75 Å². The van der Waals surface area contributed by atoms with Crippen molar-refractivity contribution in [3.63, 3.8) is 0 Å². The van der Waals surface area contributed by atoms with Crippen LogP contribution >= 0.6 is 0 Å². The molecule has 0 amide bonds. The van der Waals surface area contributed by atoms with Crippen LogP contribution < -0.4 is 4.74 Å². The number of benzene rings is 2. The van der Waals surface area contributed by atoms with E-state index in [1.165, 1.54) is 5.56 Å². The summed E-state index contributed by atoms with van der Waals surface area (Å²) in [6, 6.07) is 18.4. The van der Waals surface area contributed by atoms with Crippen LogP contribution in [-0.2, 0) is 6.61 Å². The van der Waals surface area contributed by atoms with Crippen LogP contribution in [0.3, 0.4) is 0 Å². The average molecular weight is 263 g/mol. The molecular weight excluding hydrogens is 246 g/mol. The molecule has 0 unspecified atom stereocenters.